The average Bonchev–Trinajstić information content (AvgIpc) is 2.26. The van der Waals surface area contributed by atoms with E-state index in [4.69, 9.17) is 11.6 Å². The fourth-order valence-electron chi connectivity index (χ4n) is 1.94. The van der Waals surface area contributed by atoms with Crippen molar-refractivity contribution in [3.63, 3.8) is 0 Å². The summed E-state index contributed by atoms with van der Waals surface area (Å²) in [5.74, 6) is 2.07. The van der Waals surface area contributed by atoms with Gasteiger partial charge in [0.25, 0.3) is 0 Å². The van der Waals surface area contributed by atoms with Gasteiger partial charge in [-0.05, 0) is 30.7 Å². The van der Waals surface area contributed by atoms with E-state index in [1.165, 1.54) is 30.4 Å². The van der Waals surface area contributed by atoms with Crippen molar-refractivity contribution >= 4 is 11.6 Å². The molecule has 0 nitrogen and oxygen atoms in total. The number of hydrogen-bond acceptors (Lipinski definition) is 0. The lowest BCUT2D eigenvalue weighted by Gasteiger charge is -2.15. The van der Waals surface area contributed by atoms with Gasteiger partial charge in [0.1, 0.15) is 0 Å². The number of alkyl halides is 1. The first-order valence-electron chi connectivity index (χ1n) is 6.26. The zero-order valence-corrected chi connectivity index (χ0v) is 11.4. The van der Waals surface area contributed by atoms with E-state index in [1.807, 2.05) is 0 Å². The highest BCUT2D eigenvalue weighted by atomic mass is 35.5. The second kappa shape index (κ2) is 6.96. The highest BCUT2D eigenvalue weighted by Gasteiger charge is 2.10. The van der Waals surface area contributed by atoms with Crippen LogP contribution in [0.4, 0.5) is 0 Å². The van der Waals surface area contributed by atoms with E-state index in [1.54, 1.807) is 0 Å². The van der Waals surface area contributed by atoms with Crippen LogP contribution in [0.15, 0.2) is 24.3 Å². The van der Waals surface area contributed by atoms with Crippen LogP contribution in [0.25, 0.3) is 0 Å². The predicted octanol–water partition coefficient (Wildman–Crippen LogP) is 5.14. The Bertz CT molecular complexity index is 287. The summed E-state index contributed by atoms with van der Waals surface area (Å²) in [4.78, 5) is 0. The van der Waals surface area contributed by atoms with Gasteiger partial charge in [-0.25, -0.2) is 0 Å². The molecule has 1 aromatic rings. The van der Waals surface area contributed by atoms with Crippen LogP contribution in [0.1, 0.15) is 50.2 Å². The molecule has 1 unspecified atom stereocenters. The van der Waals surface area contributed by atoms with Gasteiger partial charge in [0.2, 0.25) is 0 Å². The first-order chi connectivity index (χ1) is 7.63. The molecule has 0 fully saturated rings. The molecular formula is C15H23Cl. The summed E-state index contributed by atoms with van der Waals surface area (Å²) in [6, 6.07) is 8.80. The molecule has 0 aliphatic heterocycles. The van der Waals surface area contributed by atoms with Gasteiger partial charge in [-0.3, -0.25) is 0 Å². The maximum atomic E-state index is 6.06. The topological polar surface area (TPSA) is 0 Å². The van der Waals surface area contributed by atoms with Gasteiger partial charge >= 0.3 is 0 Å². The standard InChI is InChI=1S/C15H23Cl/c1-12(2)5-4-6-15(11-16)14-9-7-13(3)8-10-14/h7-10,12,15H,4-6,11H2,1-3H3. The van der Waals surface area contributed by atoms with Crippen molar-refractivity contribution in [3.8, 4) is 0 Å². The number of rotatable bonds is 6. The van der Waals surface area contributed by atoms with Crippen molar-refractivity contribution in [1.82, 2.24) is 0 Å². The molecule has 16 heavy (non-hydrogen) atoms. The second-order valence-electron chi connectivity index (χ2n) is 5.09. The molecule has 1 aromatic carbocycles. The number of aryl methyl sites for hydroxylation is 1. The summed E-state index contributed by atoms with van der Waals surface area (Å²) in [5.41, 5.74) is 2.71. The van der Waals surface area contributed by atoms with E-state index in [2.05, 4.69) is 45.0 Å². The molecule has 1 atom stereocenters. The lowest BCUT2D eigenvalue weighted by atomic mass is 9.93. The fraction of sp³-hybridized carbons (Fsp3) is 0.600. The Labute approximate surface area is 105 Å². The minimum atomic E-state index is 0.529. The monoisotopic (exact) mass is 238 g/mol. The third-order valence-corrected chi connectivity index (χ3v) is 3.44. The van der Waals surface area contributed by atoms with Crippen molar-refractivity contribution < 1.29 is 0 Å². The van der Waals surface area contributed by atoms with Crippen molar-refractivity contribution in [1.29, 1.82) is 0 Å². The average molecular weight is 239 g/mol. The minimum absolute atomic E-state index is 0.529. The molecule has 0 N–H and O–H groups in total. The Morgan fingerprint density at radius 1 is 1.06 bits per heavy atom. The largest absolute Gasteiger partial charge is 0.126 e. The maximum Gasteiger partial charge on any atom is 0.0292 e. The molecule has 0 saturated carbocycles. The number of benzene rings is 1. The van der Waals surface area contributed by atoms with E-state index in [-0.39, 0.29) is 0 Å². The highest BCUT2D eigenvalue weighted by Crippen LogP contribution is 2.24. The molecule has 0 saturated heterocycles. The van der Waals surface area contributed by atoms with Gasteiger partial charge in [0.15, 0.2) is 0 Å². The smallest absolute Gasteiger partial charge is 0.0292 e. The molecule has 0 bridgehead atoms. The van der Waals surface area contributed by atoms with E-state index in [0.29, 0.717) is 5.92 Å². The molecule has 90 valence electrons. The Kier molecular flexibility index (Phi) is 5.90. The Balaban J connectivity index is 2.50. The van der Waals surface area contributed by atoms with Gasteiger partial charge in [0, 0.05) is 5.88 Å². The first kappa shape index (κ1) is 13.6. The summed E-state index contributed by atoms with van der Waals surface area (Å²) in [6.07, 6.45) is 3.80. The Morgan fingerprint density at radius 3 is 2.19 bits per heavy atom. The normalized spacial score (nSPS) is 13.1. The molecule has 1 rings (SSSR count). The number of hydrogen-bond donors (Lipinski definition) is 0. The Hall–Kier alpha value is -0.490. The molecule has 0 heterocycles. The van der Waals surface area contributed by atoms with E-state index >= 15 is 0 Å². The zero-order valence-electron chi connectivity index (χ0n) is 10.7. The van der Waals surface area contributed by atoms with E-state index in [0.717, 1.165) is 11.8 Å². The number of halogens is 1. The lowest BCUT2D eigenvalue weighted by molar-refractivity contribution is 0.514. The van der Waals surface area contributed by atoms with Crippen LogP contribution in [-0.2, 0) is 0 Å². The second-order valence-corrected chi connectivity index (χ2v) is 5.40. The molecule has 0 spiro atoms. The van der Waals surface area contributed by atoms with Crippen LogP contribution < -0.4 is 0 Å². The summed E-state index contributed by atoms with van der Waals surface area (Å²) in [5, 5.41) is 0. The highest BCUT2D eigenvalue weighted by molar-refractivity contribution is 6.18. The third-order valence-electron chi connectivity index (χ3n) is 3.07. The van der Waals surface area contributed by atoms with Crippen LogP contribution in [0.2, 0.25) is 0 Å². The van der Waals surface area contributed by atoms with Crippen LogP contribution in [0, 0.1) is 12.8 Å². The molecular weight excluding hydrogens is 216 g/mol. The van der Waals surface area contributed by atoms with E-state index < -0.39 is 0 Å². The van der Waals surface area contributed by atoms with Crippen molar-refractivity contribution in [2.45, 2.75) is 46.0 Å². The fourth-order valence-corrected chi connectivity index (χ4v) is 2.28. The van der Waals surface area contributed by atoms with Crippen LogP contribution in [0.5, 0.6) is 0 Å². The molecule has 1 heteroatoms. The third kappa shape index (κ3) is 4.57. The van der Waals surface area contributed by atoms with Crippen LogP contribution >= 0.6 is 11.6 Å². The van der Waals surface area contributed by atoms with Crippen molar-refractivity contribution in [2.75, 3.05) is 5.88 Å². The molecule has 0 radical (unpaired) electrons. The van der Waals surface area contributed by atoms with Crippen LogP contribution in [0.3, 0.4) is 0 Å². The van der Waals surface area contributed by atoms with Gasteiger partial charge in [0.05, 0.1) is 0 Å². The van der Waals surface area contributed by atoms with Gasteiger partial charge in [-0.1, -0.05) is 56.5 Å². The lowest BCUT2D eigenvalue weighted by Crippen LogP contribution is -2.01. The molecule has 0 aliphatic carbocycles. The summed E-state index contributed by atoms with van der Waals surface area (Å²) in [6.45, 7) is 6.68. The molecule has 0 aromatic heterocycles. The van der Waals surface area contributed by atoms with Gasteiger partial charge in [-0.15, -0.1) is 11.6 Å². The summed E-state index contributed by atoms with van der Waals surface area (Å²) in [7, 11) is 0. The van der Waals surface area contributed by atoms with Crippen LogP contribution in [-0.4, -0.2) is 5.88 Å². The van der Waals surface area contributed by atoms with Gasteiger partial charge in [-0.2, -0.15) is 0 Å². The molecule has 0 aliphatic rings. The van der Waals surface area contributed by atoms with Crippen molar-refractivity contribution in [3.05, 3.63) is 35.4 Å². The summed E-state index contributed by atoms with van der Waals surface area (Å²) >= 11 is 6.06. The molecule has 0 amide bonds. The SMILES string of the molecule is Cc1ccc(C(CCl)CCCC(C)C)cc1. The van der Waals surface area contributed by atoms with Crippen molar-refractivity contribution in [2.24, 2.45) is 5.92 Å². The summed E-state index contributed by atoms with van der Waals surface area (Å²) < 4.78 is 0. The quantitative estimate of drug-likeness (QED) is 0.602. The Morgan fingerprint density at radius 2 is 1.69 bits per heavy atom. The maximum absolute atomic E-state index is 6.06. The van der Waals surface area contributed by atoms with E-state index in [9.17, 15) is 0 Å². The zero-order chi connectivity index (χ0) is 12.0. The predicted molar refractivity (Wildman–Crippen MR) is 73.3 cm³/mol. The van der Waals surface area contributed by atoms with Gasteiger partial charge < -0.3 is 0 Å². The minimum Gasteiger partial charge on any atom is -0.126 e. The first-order valence-corrected chi connectivity index (χ1v) is 6.79.